The summed E-state index contributed by atoms with van der Waals surface area (Å²) < 4.78 is 0. The van der Waals surface area contributed by atoms with Gasteiger partial charge in [0.05, 0.1) is 6.21 Å². The number of rotatable bonds is 4. The summed E-state index contributed by atoms with van der Waals surface area (Å²) in [7, 11) is 7.37. The van der Waals surface area contributed by atoms with Crippen LogP contribution in [0, 0.1) is 0 Å². The molecule has 0 aromatic heterocycles. The Morgan fingerprint density at radius 2 is 1.50 bits per heavy atom. The van der Waals surface area contributed by atoms with Crippen molar-refractivity contribution in [1.82, 2.24) is 20.7 Å². The van der Waals surface area contributed by atoms with Gasteiger partial charge in [-0.3, -0.25) is 10.9 Å². The number of thiocarbonyl (C=S) groups is 2. The SMILES string of the molecule is CN(C)C(=S)N/N=C\C(=N\NC(=S)N(C)C)c1ccccc1. The van der Waals surface area contributed by atoms with Crippen LogP contribution >= 0.6 is 24.4 Å². The van der Waals surface area contributed by atoms with Crippen molar-refractivity contribution in [2.24, 2.45) is 10.2 Å². The quantitative estimate of drug-likeness (QED) is 0.490. The molecule has 0 saturated heterocycles. The van der Waals surface area contributed by atoms with E-state index in [9.17, 15) is 0 Å². The van der Waals surface area contributed by atoms with Gasteiger partial charge in [0.15, 0.2) is 10.2 Å². The van der Waals surface area contributed by atoms with E-state index in [-0.39, 0.29) is 0 Å². The van der Waals surface area contributed by atoms with Crippen molar-refractivity contribution in [1.29, 1.82) is 0 Å². The molecule has 22 heavy (non-hydrogen) atoms. The molecular weight excluding hydrogens is 316 g/mol. The number of nitrogens with one attached hydrogen (secondary N) is 2. The fourth-order valence-electron chi connectivity index (χ4n) is 1.23. The van der Waals surface area contributed by atoms with Gasteiger partial charge < -0.3 is 9.80 Å². The Labute approximate surface area is 141 Å². The molecule has 1 rings (SSSR count). The molecule has 0 bridgehead atoms. The third-order valence-corrected chi connectivity index (χ3v) is 3.41. The van der Waals surface area contributed by atoms with Crippen molar-refractivity contribution in [2.45, 2.75) is 0 Å². The monoisotopic (exact) mass is 336 g/mol. The van der Waals surface area contributed by atoms with E-state index in [0.29, 0.717) is 15.9 Å². The minimum Gasteiger partial charge on any atom is -0.354 e. The van der Waals surface area contributed by atoms with E-state index in [0.717, 1.165) is 5.56 Å². The Kier molecular flexibility index (Phi) is 7.41. The topological polar surface area (TPSA) is 55.3 Å². The molecule has 0 aliphatic carbocycles. The van der Waals surface area contributed by atoms with Gasteiger partial charge in [-0.1, -0.05) is 30.3 Å². The van der Waals surface area contributed by atoms with Crippen LogP contribution in [0.15, 0.2) is 40.5 Å². The van der Waals surface area contributed by atoms with E-state index in [1.54, 1.807) is 16.0 Å². The van der Waals surface area contributed by atoms with Gasteiger partial charge in [0.2, 0.25) is 0 Å². The van der Waals surface area contributed by atoms with Crippen LogP contribution in [0.2, 0.25) is 0 Å². The molecule has 118 valence electrons. The third-order valence-electron chi connectivity index (χ3n) is 2.50. The second-order valence-electron chi connectivity index (χ2n) is 4.74. The molecule has 0 heterocycles. The highest BCUT2D eigenvalue weighted by Crippen LogP contribution is 1.99. The van der Waals surface area contributed by atoms with Crippen LogP contribution in [-0.4, -0.2) is 60.1 Å². The zero-order valence-corrected chi connectivity index (χ0v) is 14.7. The summed E-state index contributed by atoms with van der Waals surface area (Å²) in [6.07, 6.45) is 1.59. The first-order valence-corrected chi connectivity index (χ1v) is 7.34. The van der Waals surface area contributed by atoms with Crippen LogP contribution in [0.1, 0.15) is 5.56 Å². The first-order chi connectivity index (χ1) is 10.4. The molecular formula is C14H20N6S2. The molecule has 0 unspecified atom stereocenters. The zero-order valence-electron chi connectivity index (χ0n) is 13.1. The van der Waals surface area contributed by atoms with Crippen LogP contribution in [-0.2, 0) is 0 Å². The second-order valence-corrected chi connectivity index (χ2v) is 5.52. The Hall–Kier alpha value is -2.06. The summed E-state index contributed by atoms with van der Waals surface area (Å²) in [6, 6.07) is 9.68. The molecule has 1 aromatic rings. The van der Waals surface area contributed by atoms with Gasteiger partial charge in [-0.05, 0) is 24.4 Å². The molecule has 8 heteroatoms. The number of hydrogen-bond acceptors (Lipinski definition) is 4. The molecule has 0 aliphatic rings. The maximum absolute atomic E-state index is 5.15. The summed E-state index contributed by atoms with van der Waals surface area (Å²) in [4.78, 5) is 3.52. The third kappa shape index (κ3) is 6.15. The van der Waals surface area contributed by atoms with Gasteiger partial charge in [-0.15, -0.1) is 0 Å². The van der Waals surface area contributed by atoms with Crippen molar-refractivity contribution in [3.8, 4) is 0 Å². The Balaban J connectivity index is 2.88. The lowest BCUT2D eigenvalue weighted by Gasteiger charge is -2.13. The lowest BCUT2D eigenvalue weighted by Crippen LogP contribution is -2.32. The summed E-state index contributed by atoms with van der Waals surface area (Å²) in [6.45, 7) is 0. The van der Waals surface area contributed by atoms with E-state index in [4.69, 9.17) is 24.4 Å². The number of hydrazone groups is 2. The number of hydrogen-bond donors (Lipinski definition) is 2. The first kappa shape index (κ1) is 18.0. The lowest BCUT2D eigenvalue weighted by atomic mass is 10.1. The molecule has 0 fully saturated rings. The second kappa shape index (κ2) is 9.06. The molecule has 1 aromatic carbocycles. The highest BCUT2D eigenvalue weighted by Gasteiger charge is 2.02. The molecule has 0 radical (unpaired) electrons. The Morgan fingerprint density at radius 3 is 2.05 bits per heavy atom. The van der Waals surface area contributed by atoms with Crippen LogP contribution in [0.25, 0.3) is 0 Å². The van der Waals surface area contributed by atoms with Gasteiger partial charge in [-0.25, -0.2) is 0 Å². The summed E-state index contributed by atoms with van der Waals surface area (Å²) in [5, 5.41) is 9.43. The summed E-state index contributed by atoms with van der Waals surface area (Å²) >= 11 is 10.3. The van der Waals surface area contributed by atoms with E-state index in [1.807, 2.05) is 58.5 Å². The van der Waals surface area contributed by atoms with Gasteiger partial charge in [0.25, 0.3) is 0 Å². The lowest BCUT2D eigenvalue weighted by molar-refractivity contribution is 0.605. The molecule has 0 saturated carbocycles. The minimum atomic E-state index is 0.513. The Bertz CT molecular complexity index is 566. The molecule has 0 spiro atoms. The predicted molar refractivity (Wildman–Crippen MR) is 100 cm³/mol. The van der Waals surface area contributed by atoms with Crippen LogP contribution in [0.3, 0.4) is 0 Å². The normalized spacial score (nSPS) is 11.2. The van der Waals surface area contributed by atoms with Crippen molar-refractivity contribution in [3.05, 3.63) is 35.9 Å². The zero-order chi connectivity index (χ0) is 16.5. The fourth-order valence-corrected chi connectivity index (χ4v) is 1.33. The molecule has 0 aliphatic heterocycles. The molecule has 0 amide bonds. The summed E-state index contributed by atoms with van der Waals surface area (Å²) in [5.41, 5.74) is 7.14. The molecule has 0 atom stereocenters. The van der Waals surface area contributed by atoms with Crippen molar-refractivity contribution >= 4 is 46.6 Å². The van der Waals surface area contributed by atoms with E-state index in [2.05, 4.69) is 21.1 Å². The van der Waals surface area contributed by atoms with E-state index < -0.39 is 0 Å². The Morgan fingerprint density at radius 1 is 0.955 bits per heavy atom. The standard InChI is InChI=1S/C14H20N6S2/c1-19(2)13(21)17-15-10-12(11-8-6-5-7-9-11)16-18-14(22)20(3)4/h5-10H,1-4H3,(H,17,21)(H,18,22)/b15-10-,16-12-. The van der Waals surface area contributed by atoms with Gasteiger partial charge >= 0.3 is 0 Å². The highest BCUT2D eigenvalue weighted by molar-refractivity contribution is 7.80. The average molecular weight is 336 g/mol. The minimum absolute atomic E-state index is 0.513. The predicted octanol–water partition coefficient (Wildman–Crippen LogP) is 1.25. The van der Waals surface area contributed by atoms with Crippen molar-refractivity contribution < 1.29 is 0 Å². The largest absolute Gasteiger partial charge is 0.354 e. The highest BCUT2D eigenvalue weighted by atomic mass is 32.1. The average Bonchev–Trinajstić information content (AvgIpc) is 2.50. The van der Waals surface area contributed by atoms with Gasteiger partial charge in [0.1, 0.15) is 5.71 Å². The first-order valence-electron chi connectivity index (χ1n) is 6.52. The number of nitrogens with zero attached hydrogens (tertiary/aromatic N) is 4. The maximum atomic E-state index is 5.15. The van der Waals surface area contributed by atoms with Crippen LogP contribution in [0.5, 0.6) is 0 Å². The van der Waals surface area contributed by atoms with E-state index >= 15 is 0 Å². The van der Waals surface area contributed by atoms with Crippen molar-refractivity contribution in [3.63, 3.8) is 0 Å². The van der Waals surface area contributed by atoms with Gasteiger partial charge in [0, 0.05) is 33.8 Å². The number of benzene rings is 1. The molecule has 6 nitrogen and oxygen atoms in total. The van der Waals surface area contributed by atoms with Gasteiger partial charge in [-0.2, -0.15) is 10.2 Å². The van der Waals surface area contributed by atoms with Crippen LogP contribution in [0.4, 0.5) is 0 Å². The smallest absolute Gasteiger partial charge is 0.189 e. The summed E-state index contributed by atoms with van der Waals surface area (Å²) in [5.74, 6) is 0. The maximum Gasteiger partial charge on any atom is 0.189 e. The van der Waals surface area contributed by atoms with Crippen LogP contribution < -0.4 is 10.9 Å². The van der Waals surface area contributed by atoms with E-state index in [1.165, 1.54) is 0 Å². The fraction of sp³-hybridized carbons (Fsp3) is 0.286. The van der Waals surface area contributed by atoms with Crippen molar-refractivity contribution in [2.75, 3.05) is 28.2 Å². The molecule has 2 N–H and O–H groups in total.